The highest BCUT2D eigenvalue weighted by atomic mass is 16.4. The second-order valence-electron chi connectivity index (χ2n) is 8.79. The van der Waals surface area contributed by atoms with E-state index in [4.69, 9.17) is 5.11 Å². The van der Waals surface area contributed by atoms with E-state index in [2.05, 4.69) is 25.6 Å². The topological polar surface area (TPSA) is 127 Å². The summed E-state index contributed by atoms with van der Waals surface area (Å²) in [6.07, 6.45) is 0.379. The van der Waals surface area contributed by atoms with E-state index in [1.165, 1.54) is 0 Å². The summed E-state index contributed by atoms with van der Waals surface area (Å²) in [5.74, 6) is 0.254. The van der Waals surface area contributed by atoms with Gasteiger partial charge in [0.05, 0.1) is 12.1 Å². The van der Waals surface area contributed by atoms with E-state index >= 15 is 0 Å². The predicted molar refractivity (Wildman–Crippen MR) is 138 cm³/mol. The molecule has 37 heavy (non-hydrogen) atoms. The third-order valence-corrected chi connectivity index (χ3v) is 6.38. The number of rotatable bonds is 7. The van der Waals surface area contributed by atoms with Gasteiger partial charge in [0.15, 0.2) is 5.82 Å². The van der Waals surface area contributed by atoms with Crippen molar-refractivity contribution in [3.05, 3.63) is 117 Å². The molecule has 2 heterocycles. The Hall–Kier alpha value is -4.92. The Morgan fingerprint density at radius 1 is 0.919 bits per heavy atom. The van der Waals surface area contributed by atoms with Gasteiger partial charge in [0, 0.05) is 23.2 Å². The van der Waals surface area contributed by atoms with E-state index in [-0.39, 0.29) is 11.1 Å². The summed E-state index contributed by atoms with van der Waals surface area (Å²) in [4.78, 5) is 29.2. The van der Waals surface area contributed by atoms with E-state index in [9.17, 15) is 9.59 Å². The molecule has 9 heteroatoms. The number of aryl methyl sites for hydroxylation is 2. The van der Waals surface area contributed by atoms with Crippen LogP contribution < -0.4 is 5.56 Å². The molecule has 0 amide bonds. The largest absolute Gasteiger partial charge is 0.478 e. The van der Waals surface area contributed by atoms with Gasteiger partial charge in [0.25, 0.3) is 5.56 Å². The van der Waals surface area contributed by atoms with Crippen LogP contribution >= 0.6 is 0 Å². The molecule has 0 aliphatic rings. The van der Waals surface area contributed by atoms with Crippen LogP contribution in [-0.2, 0) is 13.0 Å². The molecule has 0 unspecified atom stereocenters. The molecule has 0 saturated carbocycles. The molecule has 2 N–H and O–H groups in total. The summed E-state index contributed by atoms with van der Waals surface area (Å²) in [6.45, 7) is 4.04. The van der Waals surface area contributed by atoms with E-state index in [0.29, 0.717) is 35.9 Å². The van der Waals surface area contributed by atoms with Crippen LogP contribution in [0, 0.1) is 13.8 Å². The Morgan fingerprint density at radius 3 is 2.24 bits per heavy atom. The maximum Gasteiger partial charge on any atom is 0.335 e. The first-order valence-corrected chi connectivity index (χ1v) is 11.7. The normalized spacial score (nSPS) is 11.0. The lowest BCUT2D eigenvalue weighted by molar-refractivity contribution is 0.0697. The summed E-state index contributed by atoms with van der Waals surface area (Å²) in [7, 11) is 0. The van der Waals surface area contributed by atoms with Gasteiger partial charge in [-0.1, -0.05) is 60.7 Å². The summed E-state index contributed by atoms with van der Waals surface area (Å²) in [5.41, 5.74) is 6.11. The minimum Gasteiger partial charge on any atom is -0.478 e. The quantitative estimate of drug-likeness (QED) is 0.351. The molecule has 3 aromatic carbocycles. The summed E-state index contributed by atoms with van der Waals surface area (Å²) < 4.78 is 1.68. The first-order valence-electron chi connectivity index (χ1n) is 11.7. The fraction of sp³-hybridized carbons (Fsp3) is 0.143. The smallest absolute Gasteiger partial charge is 0.335 e. The minimum absolute atomic E-state index is 0.0976. The molecule has 0 aliphatic heterocycles. The van der Waals surface area contributed by atoms with Crippen LogP contribution in [0.2, 0.25) is 0 Å². The van der Waals surface area contributed by atoms with Gasteiger partial charge in [0.2, 0.25) is 0 Å². The summed E-state index contributed by atoms with van der Waals surface area (Å²) in [5, 5.41) is 23.3. The molecule has 0 bridgehead atoms. The molecular formula is C28H24N6O3. The second-order valence-corrected chi connectivity index (χ2v) is 8.79. The minimum atomic E-state index is -0.980. The maximum atomic E-state index is 13.5. The number of benzene rings is 3. The fourth-order valence-corrected chi connectivity index (χ4v) is 4.38. The van der Waals surface area contributed by atoms with Gasteiger partial charge in [-0.2, -0.15) is 0 Å². The summed E-state index contributed by atoms with van der Waals surface area (Å²) >= 11 is 0. The van der Waals surface area contributed by atoms with Crippen LogP contribution in [0.25, 0.3) is 22.5 Å². The van der Waals surface area contributed by atoms with Crippen molar-refractivity contribution in [1.82, 2.24) is 30.2 Å². The number of aromatic carboxylic acids is 1. The Labute approximate surface area is 212 Å². The van der Waals surface area contributed by atoms with Crippen molar-refractivity contribution >= 4 is 5.97 Å². The monoisotopic (exact) mass is 492 g/mol. The second kappa shape index (κ2) is 9.98. The average Bonchev–Trinajstić information content (AvgIpc) is 3.45. The fourth-order valence-electron chi connectivity index (χ4n) is 4.38. The molecule has 5 rings (SSSR count). The van der Waals surface area contributed by atoms with Crippen molar-refractivity contribution in [1.29, 1.82) is 0 Å². The highest BCUT2D eigenvalue weighted by Gasteiger charge is 2.14. The van der Waals surface area contributed by atoms with E-state index < -0.39 is 5.97 Å². The number of carboxylic acids is 1. The molecule has 2 aromatic heterocycles. The lowest BCUT2D eigenvalue weighted by Gasteiger charge is -2.14. The van der Waals surface area contributed by atoms with Crippen molar-refractivity contribution in [3.8, 4) is 22.5 Å². The molecule has 0 spiro atoms. The number of carbonyl (C=O) groups is 1. The van der Waals surface area contributed by atoms with Crippen molar-refractivity contribution in [3.63, 3.8) is 0 Å². The number of aromatic amines is 1. The standard InChI is InChI=1S/C28H24N6O3/c1-17-25(15-19-7-13-22(14-8-19)28(36)37)27(35)34(18(2)29-17)16-20-9-11-21(12-10-20)23-5-3-4-6-24(23)26-30-32-33-31-26/h3-14H,15-16H2,1-2H3,(H,36,37)(H,30,31,32,33). The number of hydrogen-bond donors (Lipinski definition) is 2. The van der Waals surface area contributed by atoms with Crippen LogP contribution in [0.3, 0.4) is 0 Å². The number of carboxylic acid groups (broad SMARTS) is 1. The Kier molecular flexibility index (Phi) is 6.42. The van der Waals surface area contributed by atoms with Gasteiger partial charge in [-0.05, 0) is 58.7 Å². The SMILES string of the molecule is Cc1nc(C)n(Cc2ccc(-c3ccccc3-c3nnn[nH]3)cc2)c(=O)c1Cc1ccc(C(=O)O)cc1. The molecule has 0 aliphatic carbocycles. The molecule has 0 fully saturated rings. The number of tetrazole rings is 1. The maximum absolute atomic E-state index is 13.5. The van der Waals surface area contributed by atoms with Gasteiger partial charge in [0.1, 0.15) is 5.82 Å². The van der Waals surface area contributed by atoms with Crippen molar-refractivity contribution in [2.24, 2.45) is 0 Å². The summed E-state index contributed by atoms with van der Waals surface area (Å²) in [6, 6.07) is 22.5. The number of hydrogen-bond acceptors (Lipinski definition) is 6. The zero-order valence-electron chi connectivity index (χ0n) is 20.3. The number of nitrogens with zero attached hydrogens (tertiary/aromatic N) is 5. The predicted octanol–water partition coefficient (Wildman–Crippen LogP) is 4.04. The lowest BCUT2D eigenvalue weighted by Crippen LogP contribution is -2.29. The molecule has 0 radical (unpaired) electrons. The van der Waals surface area contributed by atoms with E-state index in [1.807, 2.05) is 62.4 Å². The number of nitrogens with one attached hydrogen (secondary N) is 1. The van der Waals surface area contributed by atoms with Gasteiger partial charge in [-0.25, -0.2) is 14.9 Å². The third-order valence-electron chi connectivity index (χ3n) is 6.38. The van der Waals surface area contributed by atoms with Gasteiger partial charge >= 0.3 is 5.97 Å². The van der Waals surface area contributed by atoms with Crippen LogP contribution in [0.4, 0.5) is 0 Å². The van der Waals surface area contributed by atoms with Crippen LogP contribution in [0.15, 0.2) is 77.6 Å². The van der Waals surface area contributed by atoms with Crippen molar-refractivity contribution < 1.29 is 9.90 Å². The van der Waals surface area contributed by atoms with Crippen molar-refractivity contribution in [2.75, 3.05) is 0 Å². The molecule has 9 nitrogen and oxygen atoms in total. The Balaban J connectivity index is 1.42. The first-order chi connectivity index (χ1) is 17.9. The Bertz CT molecular complexity index is 1620. The van der Waals surface area contributed by atoms with Gasteiger partial charge < -0.3 is 5.11 Å². The molecule has 0 saturated heterocycles. The zero-order valence-corrected chi connectivity index (χ0v) is 20.3. The van der Waals surface area contributed by atoms with Crippen molar-refractivity contribution in [2.45, 2.75) is 26.8 Å². The highest BCUT2D eigenvalue weighted by Crippen LogP contribution is 2.29. The lowest BCUT2D eigenvalue weighted by atomic mass is 9.98. The first kappa shape index (κ1) is 23.8. The molecule has 5 aromatic rings. The van der Waals surface area contributed by atoms with Crippen LogP contribution in [0.5, 0.6) is 0 Å². The van der Waals surface area contributed by atoms with Gasteiger partial charge in [-0.15, -0.1) is 5.10 Å². The van der Waals surface area contributed by atoms with E-state index in [0.717, 1.165) is 27.8 Å². The zero-order chi connectivity index (χ0) is 25.9. The molecule has 0 atom stereocenters. The number of H-pyrrole nitrogens is 1. The number of aromatic nitrogens is 6. The highest BCUT2D eigenvalue weighted by molar-refractivity contribution is 5.87. The van der Waals surface area contributed by atoms with E-state index in [1.54, 1.807) is 28.8 Å². The van der Waals surface area contributed by atoms with Crippen LogP contribution in [-0.4, -0.2) is 41.3 Å². The third kappa shape index (κ3) is 4.92. The van der Waals surface area contributed by atoms with Gasteiger partial charge in [-0.3, -0.25) is 9.36 Å². The average molecular weight is 493 g/mol. The van der Waals surface area contributed by atoms with Crippen LogP contribution in [0.1, 0.15) is 38.6 Å². The molecule has 184 valence electrons. The Morgan fingerprint density at radius 2 is 1.59 bits per heavy atom. The molecular weight excluding hydrogens is 468 g/mol.